The molecule has 134 valence electrons. The van der Waals surface area contributed by atoms with Crippen LogP contribution in [-0.4, -0.2) is 37.6 Å². The Bertz CT molecular complexity index is 603. The molecule has 7 nitrogen and oxygen atoms in total. The van der Waals surface area contributed by atoms with Crippen LogP contribution >= 0.6 is 11.6 Å². The molecule has 0 aliphatic carbocycles. The van der Waals surface area contributed by atoms with E-state index < -0.39 is 11.4 Å². The second-order valence-corrected chi connectivity index (χ2v) is 5.90. The first-order valence-electron chi connectivity index (χ1n) is 7.62. The fraction of sp³-hybridized carbons (Fsp3) is 0.500. The average molecular weight is 358 g/mol. The first-order chi connectivity index (χ1) is 11.3. The number of hydrogen-bond acceptors (Lipinski definition) is 5. The first kappa shape index (κ1) is 20.1. The number of nitrogens with two attached hydrogens (primary N) is 2. The van der Waals surface area contributed by atoms with Crippen LogP contribution in [-0.2, 0) is 4.79 Å². The van der Waals surface area contributed by atoms with Gasteiger partial charge in [0.15, 0.2) is 18.1 Å². The van der Waals surface area contributed by atoms with Gasteiger partial charge in [0.2, 0.25) is 0 Å². The van der Waals surface area contributed by atoms with Gasteiger partial charge in [-0.25, -0.2) is 0 Å². The summed E-state index contributed by atoms with van der Waals surface area (Å²) in [4.78, 5) is 23.2. The summed E-state index contributed by atoms with van der Waals surface area (Å²) in [6.07, 6.45) is 1.49. The molecule has 0 spiro atoms. The summed E-state index contributed by atoms with van der Waals surface area (Å²) in [5.74, 6) is -0.578. The fourth-order valence-electron chi connectivity index (χ4n) is 1.99. The largest absolute Gasteiger partial charge is 0.493 e. The van der Waals surface area contributed by atoms with Crippen molar-refractivity contribution >= 4 is 23.4 Å². The average Bonchev–Trinajstić information content (AvgIpc) is 2.57. The summed E-state index contributed by atoms with van der Waals surface area (Å²) in [6, 6.07) is 2.92. The Morgan fingerprint density at radius 1 is 1.29 bits per heavy atom. The lowest BCUT2D eigenvalue weighted by atomic mass is 9.94. The number of benzene rings is 1. The smallest absolute Gasteiger partial charge is 0.255 e. The van der Waals surface area contributed by atoms with E-state index in [1.165, 1.54) is 19.2 Å². The molecule has 0 aromatic heterocycles. The highest BCUT2D eigenvalue weighted by Crippen LogP contribution is 2.36. The van der Waals surface area contributed by atoms with Crippen LogP contribution in [0.15, 0.2) is 12.1 Å². The van der Waals surface area contributed by atoms with Gasteiger partial charge in [0.25, 0.3) is 11.8 Å². The third kappa shape index (κ3) is 5.28. The topological polar surface area (TPSA) is 117 Å². The summed E-state index contributed by atoms with van der Waals surface area (Å²) in [5, 5.41) is 2.94. The van der Waals surface area contributed by atoms with E-state index in [1.807, 2.05) is 13.8 Å². The molecule has 0 fully saturated rings. The predicted octanol–water partition coefficient (Wildman–Crippen LogP) is 1.46. The molecule has 0 saturated heterocycles. The minimum absolute atomic E-state index is 0.144. The molecule has 2 amide bonds. The Morgan fingerprint density at radius 2 is 1.92 bits per heavy atom. The quantitative estimate of drug-likeness (QED) is 0.618. The number of carbonyl (C=O) groups is 2. The van der Waals surface area contributed by atoms with Crippen LogP contribution in [0.3, 0.4) is 0 Å². The molecule has 0 heterocycles. The van der Waals surface area contributed by atoms with Crippen molar-refractivity contribution in [3.63, 3.8) is 0 Å². The zero-order chi connectivity index (χ0) is 18.3. The number of rotatable bonds is 9. The van der Waals surface area contributed by atoms with E-state index in [4.69, 9.17) is 32.5 Å². The summed E-state index contributed by atoms with van der Waals surface area (Å²) >= 11 is 6.12. The summed E-state index contributed by atoms with van der Waals surface area (Å²) < 4.78 is 10.4. The van der Waals surface area contributed by atoms with E-state index in [0.29, 0.717) is 12.1 Å². The van der Waals surface area contributed by atoms with Gasteiger partial charge in [-0.3, -0.25) is 9.59 Å². The molecule has 0 radical (unpaired) electrons. The van der Waals surface area contributed by atoms with E-state index in [0.717, 1.165) is 12.8 Å². The maximum absolute atomic E-state index is 12.3. The van der Waals surface area contributed by atoms with Crippen molar-refractivity contribution in [1.29, 1.82) is 0 Å². The molecule has 8 heteroatoms. The van der Waals surface area contributed by atoms with Crippen molar-refractivity contribution in [3.05, 3.63) is 22.7 Å². The number of halogens is 1. The van der Waals surface area contributed by atoms with E-state index in [1.54, 1.807) is 0 Å². The number of primary amides is 1. The lowest BCUT2D eigenvalue weighted by Gasteiger charge is -2.26. The lowest BCUT2D eigenvalue weighted by Crippen LogP contribution is -2.49. The van der Waals surface area contributed by atoms with Crippen LogP contribution in [0.1, 0.15) is 37.0 Å². The highest BCUT2D eigenvalue weighted by Gasteiger charge is 2.22. The van der Waals surface area contributed by atoms with Crippen molar-refractivity contribution in [1.82, 2.24) is 5.32 Å². The van der Waals surface area contributed by atoms with Crippen molar-refractivity contribution in [2.75, 3.05) is 20.3 Å². The van der Waals surface area contributed by atoms with E-state index >= 15 is 0 Å². The molecule has 0 aliphatic heterocycles. The third-order valence-electron chi connectivity index (χ3n) is 3.86. The number of nitrogens with one attached hydrogen (secondary N) is 1. The Labute approximate surface area is 146 Å². The van der Waals surface area contributed by atoms with Gasteiger partial charge in [-0.05, 0) is 25.0 Å². The van der Waals surface area contributed by atoms with Crippen LogP contribution < -0.4 is 26.3 Å². The van der Waals surface area contributed by atoms with Crippen LogP contribution in [0, 0.1) is 0 Å². The number of carbonyl (C=O) groups excluding carboxylic acids is 2. The van der Waals surface area contributed by atoms with Crippen LogP contribution in [0.25, 0.3) is 0 Å². The minimum Gasteiger partial charge on any atom is -0.493 e. The Kier molecular flexibility index (Phi) is 7.31. The SMILES string of the molecule is CCC(N)(CC)CNC(=O)c1cc(Cl)c(OCC(N)=O)c(OC)c1. The van der Waals surface area contributed by atoms with Gasteiger partial charge in [0, 0.05) is 17.6 Å². The number of methoxy groups -OCH3 is 1. The maximum Gasteiger partial charge on any atom is 0.255 e. The summed E-state index contributed by atoms with van der Waals surface area (Å²) in [6.45, 7) is 3.95. The second-order valence-electron chi connectivity index (χ2n) is 5.50. The Balaban J connectivity index is 2.94. The molecule has 1 aromatic rings. The zero-order valence-corrected chi connectivity index (χ0v) is 14.9. The van der Waals surface area contributed by atoms with E-state index in [-0.39, 0.29) is 29.0 Å². The molecular weight excluding hydrogens is 334 g/mol. The molecular formula is C16H24ClN3O4. The zero-order valence-electron chi connectivity index (χ0n) is 14.1. The molecule has 5 N–H and O–H groups in total. The molecule has 0 aliphatic rings. The van der Waals surface area contributed by atoms with Gasteiger partial charge < -0.3 is 26.3 Å². The molecule has 0 saturated carbocycles. The summed E-state index contributed by atoms with van der Waals surface area (Å²) in [7, 11) is 1.41. The first-order valence-corrected chi connectivity index (χ1v) is 7.99. The van der Waals surface area contributed by atoms with E-state index in [9.17, 15) is 9.59 Å². The maximum atomic E-state index is 12.3. The highest BCUT2D eigenvalue weighted by molar-refractivity contribution is 6.32. The standard InChI is InChI=1S/C16H24ClN3O4/c1-4-16(19,5-2)9-20-15(22)10-6-11(17)14(12(7-10)23-3)24-8-13(18)21/h6-7H,4-5,8-9,19H2,1-3H3,(H2,18,21)(H,20,22). The third-order valence-corrected chi connectivity index (χ3v) is 4.14. The van der Waals surface area contributed by atoms with Crippen molar-refractivity contribution in [3.8, 4) is 11.5 Å². The lowest BCUT2D eigenvalue weighted by molar-refractivity contribution is -0.119. The van der Waals surface area contributed by atoms with Crippen LogP contribution in [0.4, 0.5) is 0 Å². The number of ether oxygens (including phenoxy) is 2. The van der Waals surface area contributed by atoms with Gasteiger partial charge in [0.1, 0.15) is 0 Å². The second kappa shape index (κ2) is 8.75. The van der Waals surface area contributed by atoms with Gasteiger partial charge in [-0.15, -0.1) is 0 Å². The van der Waals surface area contributed by atoms with Gasteiger partial charge in [-0.2, -0.15) is 0 Å². The Morgan fingerprint density at radius 3 is 2.42 bits per heavy atom. The monoisotopic (exact) mass is 357 g/mol. The molecule has 1 aromatic carbocycles. The van der Waals surface area contributed by atoms with Crippen LogP contribution in [0.2, 0.25) is 5.02 Å². The summed E-state index contributed by atoms with van der Waals surface area (Å²) in [5.41, 5.74) is 11.1. The molecule has 24 heavy (non-hydrogen) atoms. The minimum atomic E-state index is -0.645. The Hall–Kier alpha value is -1.99. The van der Waals surface area contributed by atoms with Gasteiger partial charge >= 0.3 is 0 Å². The molecule has 0 bridgehead atoms. The van der Waals surface area contributed by atoms with Crippen molar-refractivity contribution < 1.29 is 19.1 Å². The van der Waals surface area contributed by atoms with Gasteiger partial charge in [0.05, 0.1) is 12.1 Å². The normalized spacial score (nSPS) is 11.0. The number of hydrogen-bond donors (Lipinski definition) is 3. The predicted molar refractivity (Wildman–Crippen MR) is 92.5 cm³/mol. The van der Waals surface area contributed by atoms with E-state index in [2.05, 4.69) is 5.32 Å². The fourth-order valence-corrected chi connectivity index (χ4v) is 2.26. The number of amides is 2. The highest BCUT2D eigenvalue weighted by atomic mass is 35.5. The van der Waals surface area contributed by atoms with Crippen molar-refractivity contribution in [2.45, 2.75) is 32.2 Å². The molecule has 1 rings (SSSR count). The molecule has 0 atom stereocenters. The van der Waals surface area contributed by atoms with Gasteiger partial charge in [-0.1, -0.05) is 25.4 Å². The molecule has 0 unspecified atom stereocenters. The van der Waals surface area contributed by atoms with Crippen LogP contribution in [0.5, 0.6) is 11.5 Å². The van der Waals surface area contributed by atoms with Crippen molar-refractivity contribution in [2.24, 2.45) is 11.5 Å².